The molecule has 4 nitrogen and oxygen atoms in total. The molecule has 0 saturated heterocycles. The maximum absolute atomic E-state index is 7.33. The summed E-state index contributed by atoms with van der Waals surface area (Å²) in [6.45, 7) is 4.54. The smallest absolute Gasteiger partial charge is 0.368 e. The van der Waals surface area contributed by atoms with E-state index in [4.69, 9.17) is 19.2 Å². The Balaban J connectivity index is 0. The molecule has 0 aliphatic carbocycles. The van der Waals surface area contributed by atoms with Crippen LogP contribution in [0.15, 0.2) is 0 Å². The van der Waals surface area contributed by atoms with E-state index in [0.717, 1.165) is 54.9 Å². The molecule has 0 unspecified atom stereocenters. The van der Waals surface area contributed by atoms with Gasteiger partial charge in [-0.15, -0.1) is 0 Å². The van der Waals surface area contributed by atoms with Gasteiger partial charge >= 0.3 is 78.3 Å². The summed E-state index contributed by atoms with van der Waals surface area (Å²) in [5.41, 5.74) is 0. The summed E-state index contributed by atoms with van der Waals surface area (Å²) in [7, 11) is -4.61. The maximum Gasteiger partial charge on any atom is 0.668 e. The van der Waals surface area contributed by atoms with E-state index in [-0.39, 0.29) is 0 Å². The third kappa shape index (κ3) is 53.7. The van der Waals surface area contributed by atoms with Gasteiger partial charge < -0.3 is 19.2 Å². The van der Waals surface area contributed by atoms with E-state index in [1.54, 1.807) is 0 Å². The zero-order chi connectivity index (χ0) is 8.78. The van der Waals surface area contributed by atoms with Crippen LogP contribution >= 0.6 is 0 Å². The van der Waals surface area contributed by atoms with Gasteiger partial charge in [0.1, 0.15) is 0 Å². The Kier molecular flexibility index (Phi) is 10.5. The van der Waals surface area contributed by atoms with E-state index in [2.05, 4.69) is 13.8 Å². The molecular weight excluding hydrogens is 179 g/mol. The number of rotatable bonds is 1. The minimum absolute atomic E-state index is 0.968. The van der Waals surface area contributed by atoms with Crippen molar-refractivity contribution in [2.75, 3.05) is 0 Å². The molecule has 0 saturated carbocycles. The van der Waals surface area contributed by atoms with Crippen molar-refractivity contribution < 1.29 is 19.2 Å². The minimum atomic E-state index is -4.61. The molecule has 0 atom stereocenters. The average molecular weight is 192 g/mol. The van der Waals surface area contributed by atoms with Crippen LogP contribution in [0.2, 0.25) is 0.515 Å². The van der Waals surface area contributed by atoms with E-state index in [1.807, 2.05) is 0 Å². The first-order valence-electron chi connectivity index (χ1n) is 3.16. The fourth-order valence-corrected chi connectivity index (χ4v) is 0. The molecule has 0 aliphatic heterocycles. The fraction of sp³-hybridized carbons (Fsp3) is 1.00. The molecule has 0 aromatic heterocycles. The molecule has 0 heterocycles. The van der Waals surface area contributed by atoms with Crippen LogP contribution in [-0.2, 0) is 0 Å². The van der Waals surface area contributed by atoms with Gasteiger partial charge in [0.25, 0.3) is 0 Å². The third-order valence-corrected chi connectivity index (χ3v) is 3.37. The minimum Gasteiger partial charge on any atom is -0.368 e. The molecular formula is C4H13KO4Si. The van der Waals surface area contributed by atoms with Crippen molar-refractivity contribution in [2.45, 2.75) is 14.4 Å². The maximum atomic E-state index is 7.33. The second-order valence-corrected chi connectivity index (χ2v) is 4.88. The molecule has 0 fully saturated rings. The van der Waals surface area contributed by atoms with Gasteiger partial charge in [-0.25, -0.2) is 0 Å². The van der Waals surface area contributed by atoms with Crippen LogP contribution in [-0.4, -0.2) is 77.2 Å². The van der Waals surface area contributed by atoms with Crippen LogP contribution in [0.3, 0.4) is 0 Å². The summed E-state index contributed by atoms with van der Waals surface area (Å²) >= 11 is 1.08. The number of hydrogen-bond acceptors (Lipinski definition) is 4. The topological polar surface area (TPSA) is 80.9 Å². The monoisotopic (exact) mass is 192 g/mol. The van der Waals surface area contributed by atoms with E-state index < -0.39 is 9.05 Å². The van der Waals surface area contributed by atoms with Crippen molar-refractivity contribution >= 4 is 58.0 Å². The largest absolute Gasteiger partial charge is 0.668 e. The Bertz CT molecular complexity index is 66.1. The van der Waals surface area contributed by atoms with E-state index in [1.165, 1.54) is 0.515 Å². The van der Waals surface area contributed by atoms with Gasteiger partial charge in [-0.05, 0) is 0 Å². The quantitative estimate of drug-likeness (QED) is 0.386. The summed E-state index contributed by atoms with van der Waals surface area (Å²) in [4.78, 5) is 29.3. The molecule has 0 aromatic rings. The van der Waals surface area contributed by atoms with E-state index in [0.29, 0.717) is 0 Å². The summed E-state index contributed by atoms with van der Waals surface area (Å²) in [6, 6.07) is 0. The molecule has 6 heteroatoms. The van der Waals surface area contributed by atoms with Crippen molar-refractivity contribution in [1.82, 2.24) is 0 Å². The first kappa shape index (κ1) is 14.2. The molecule has 0 rings (SSSR count). The zero-order valence-electron chi connectivity index (χ0n) is 6.57. The molecule has 10 heavy (non-hydrogen) atoms. The molecule has 0 bridgehead atoms. The average Bonchev–Trinajstić information content (AvgIpc) is 1.61. The van der Waals surface area contributed by atoms with Crippen molar-refractivity contribution in [3.63, 3.8) is 0 Å². The summed E-state index contributed by atoms with van der Waals surface area (Å²) in [5, 5.41) is 0. The van der Waals surface area contributed by atoms with Gasteiger partial charge in [0.2, 0.25) is 0 Å². The number of hydrogen-bond donors (Lipinski definition) is 4. The van der Waals surface area contributed by atoms with Crippen LogP contribution in [0, 0.1) is 5.92 Å². The van der Waals surface area contributed by atoms with Crippen molar-refractivity contribution in [2.24, 2.45) is 5.92 Å². The normalized spacial score (nSPS) is 10.9. The predicted octanol–water partition coefficient (Wildman–Crippen LogP) is -1.38. The molecule has 58 valence electrons. The third-order valence-electron chi connectivity index (χ3n) is 0.816. The van der Waals surface area contributed by atoms with Gasteiger partial charge in [-0.1, -0.05) is 0 Å². The fourth-order valence-electron chi connectivity index (χ4n) is 0. The zero-order valence-corrected chi connectivity index (χ0v) is 10.7. The van der Waals surface area contributed by atoms with Gasteiger partial charge in [-0.3, -0.25) is 0 Å². The van der Waals surface area contributed by atoms with Crippen molar-refractivity contribution in [3.05, 3.63) is 0 Å². The standard InChI is InChI=1S/C4H9.K.H4O4Si/c1-4(2)3;;1-5(2,3)4/h4H,1H2,2-3H3;;1-4H. The van der Waals surface area contributed by atoms with Crippen LogP contribution in [0.4, 0.5) is 0 Å². The predicted molar refractivity (Wildman–Crippen MR) is 40.0 cm³/mol. The van der Waals surface area contributed by atoms with Gasteiger partial charge in [0, 0.05) is 0 Å². The Labute approximate surface area is 96.0 Å². The second kappa shape index (κ2) is 7.35. The van der Waals surface area contributed by atoms with E-state index in [9.17, 15) is 0 Å². The van der Waals surface area contributed by atoms with Gasteiger partial charge in [0.05, 0.1) is 0 Å². The van der Waals surface area contributed by atoms with Gasteiger partial charge in [-0.2, -0.15) is 0 Å². The summed E-state index contributed by atoms with van der Waals surface area (Å²) < 4.78 is 1.49. The molecule has 0 aromatic carbocycles. The first-order valence-corrected chi connectivity index (χ1v) is 7.16. The van der Waals surface area contributed by atoms with E-state index >= 15 is 0 Å². The Morgan fingerprint density at radius 1 is 1.20 bits per heavy atom. The second-order valence-electron chi connectivity index (χ2n) is 2.40. The molecule has 4 N–H and O–H groups in total. The summed E-state index contributed by atoms with van der Waals surface area (Å²) in [5.74, 6) is 0.968. The first-order chi connectivity index (χ1) is 4.27. The van der Waals surface area contributed by atoms with Crippen molar-refractivity contribution in [1.29, 1.82) is 0 Å². The van der Waals surface area contributed by atoms with Crippen molar-refractivity contribution in [3.8, 4) is 0 Å². The Morgan fingerprint density at radius 3 is 1.30 bits per heavy atom. The van der Waals surface area contributed by atoms with Crippen LogP contribution in [0.1, 0.15) is 13.8 Å². The van der Waals surface area contributed by atoms with Crippen LogP contribution in [0.25, 0.3) is 0 Å². The Hall–Kier alpha value is 1.69. The molecule has 0 radical (unpaired) electrons. The summed E-state index contributed by atoms with van der Waals surface area (Å²) in [6.07, 6.45) is 0. The molecule has 0 aliphatic rings. The molecule has 0 amide bonds. The molecule has 0 spiro atoms. The van der Waals surface area contributed by atoms with Gasteiger partial charge in [0.15, 0.2) is 0 Å². The van der Waals surface area contributed by atoms with Crippen LogP contribution in [0.5, 0.6) is 0 Å². The Morgan fingerprint density at radius 2 is 1.30 bits per heavy atom. The SMILES string of the molecule is CC(C)[CH2][K].O[Si](O)(O)O. The van der Waals surface area contributed by atoms with Crippen LogP contribution < -0.4 is 0 Å².